The number of amides is 1. The molecule has 0 unspecified atom stereocenters. The van der Waals surface area contributed by atoms with Gasteiger partial charge < -0.3 is 10.2 Å². The molecular formula is C18H20FN3OS3. The van der Waals surface area contributed by atoms with E-state index in [9.17, 15) is 9.18 Å². The number of hydrogen-bond acceptors (Lipinski definition) is 5. The highest BCUT2D eigenvalue weighted by molar-refractivity contribution is 8.23. The summed E-state index contributed by atoms with van der Waals surface area (Å²) >= 11 is 8.19. The molecule has 1 amide bonds. The number of thiocarbonyl (C=S) groups is 1. The number of rotatable bonds is 4. The van der Waals surface area contributed by atoms with Crippen molar-refractivity contribution in [3.63, 3.8) is 0 Å². The van der Waals surface area contributed by atoms with Gasteiger partial charge in [0.25, 0.3) is 0 Å². The second kappa shape index (κ2) is 8.92. The second-order valence-electron chi connectivity index (χ2n) is 6.32. The van der Waals surface area contributed by atoms with Crippen LogP contribution in [-0.2, 0) is 4.79 Å². The Morgan fingerprint density at radius 3 is 2.77 bits per heavy atom. The van der Waals surface area contributed by atoms with E-state index in [0.717, 1.165) is 47.4 Å². The lowest BCUT2D eigenvalue weighted by Gasteiger charge is -2.31. The van der Waals surface area contributed by atoms with Crippen molar-refractivity contribution in [3.05, 3.63) is 35.5 Å². The summed E-state index contributed by atoms with van der Waals surface area (Å²) in [6.07, 6.45) is 2.30. The Labute approximate surface area is 166 Å². The molecule has 4 nitrogen and oxygen atoms in total. The number of hydrogen-bond donors (Lipinski definition) is 1. The number of anilines is 1. The normalized spacial score (nSPS) is 15.1. The summed E-state index contributed by atoms with van der Waals surface area (Å²) in [6, 6.07) is 6.13. The van der Waals surface area contributed by atoms with Crippen LogP contribution in [0.15, 0.2) is 29.6 Å². The summed E-state index contributed by atoms with van der Waals surface area (Å²) < 4.78 is 13.8. The first-order valence-corrected chi connectivity index (χ1v) is 10.7. The number of thiazole rings is 1. The van der Waals surface area contributed by atoms with Crippen LogP contribution in [0.4, 0.5) is 9.52 Å². The van der Waals surface area contributed by atoms with Crippen LogP contribution in [0.5, 0.6) is 0 Å². The summed E-state index contributed by atoms with van der Waals surface area (Å²) in [7, 11) is 0. The molecule has 0 radical (unpaired) electrons. The molecule has 2 aromatic rings. The van der Waals surface area contributed by atoms with Gasteiger partial charge in [-0.3, -0.25) is 4.79 Å². The molecule has 2 heterocycles. The standard InChI is InChI=1S/C18H20FN3OS3/c1-12-6-8-22(9-7-12)18(24)26-11-16(23)21-17-20-15(10-25-17)13-2-4-14(19)5-3-13/h2-5,10,12H,6-9,11H2,1H3,(H,20,21,23). The van der Waals surface area contributed by atoms with E-state index in [1.807, 2.05) is 5.38 Å². The molecule has 0 saturated carbocycles. The zero-order chi connectivity index (χ0) is 18.5. The van der Waals surface area contributed by atoms with E-state index in [-0.39, 0.29) is 17.5 Å². The third-order valence-electron chi connectivity index (χ3n) is 4.26. The highest BCUT2D eigenvalue weighted by Gasteiger charge is 2.19. The van der Waals surface area contributed by atoms with E-state index in [1.165, 1.54) is 35.2 Å². The van der Waals surface area contributed by atoms with Gasteiger partial charge in [-0.25, -0.2) is 9.37 Å². The third-order valence-corrected chi connectivity index (χ3v) is 6.54. The van der Waals surface area contributed by atoms with Crippen molar-refractivity contribution in [2.75, 3.05) is 24.2 Å². The molecule has 1 saturated heterocycles. The average Bonchev–Trinajstić information content (AvgIpc) is 3.09. The quantitative estimate of drug-likeness (QED) is 0.746. The summed E-state index contributed by atoms with van der Waals surface area (Å²) in [5.74, 6) is 0.620. The fourth-order valence-electron chi connectivity index (χ4n) is 2.65. The van der Waals surface area contributed by atoms with Crippen LogP contribution < -0.4 is 5.32 Å². The summed E-state index contributed by atoms with van der Waals surface area (Å²) in [5, 5.41) is 5.18. The second-order valence-corrected chi connectivity index (χ2v) is 8.78. The molecule has 3 rings (SSSR count). The molecule has 1 N–H and O–H groups in total. The van der Waals surface area contributed by atoms with E-state index in [0.29, 0.717) is 5.13 Å². The van der Waals surface area contributed by atoms with E-state index in [4.69, 9.17) is 12.2 Å². The van der Waals surface area contributed by atoms with Crippen LogP contribution in [0.3, 0.4) is 0 Å². The van der Waals surface area contributed by atoms with E-state index in [2.05, 4.69) is 22.1 Å². The van der Waals surface area contributed by atoms with Gasteiger partial charge in [0, 0.05) is 24.0 Å². The molecule has 1 fully saturated rings. The van der Waals surface area contributed by atoms with Gasteiger partial charge in [-0.05, 0) is 43.0 Å². The van der Waals surface area contributed by atoms with E-state index in [1.54, 1.807) is 12.1 Å². The Kier molecular flexibility index (Phi) is 6.61. The Bertz CT molecular complexity index is 770. The van der Waals surface area contributed by atoms with E-state index < -0.39 is 0 Å². The molecule has 26 heavy (non-hydrogen) atoms. The number of halogens is 1. The predicted molar refractivity (Wildman–Crippen MR) is 111 cm³/mol. The fraction of sp³-hybridized carbons (Fsp3) is 0.389. The minimum atomic E-state index is -0.284. The van der Waals surface area contributed by atoms with Crippen LogP contribution in [0, 0.1) is 11.7 Å². The Balaban J connectivity index is 1.48. The van der Waals surface area contributed by atoms with Crippen molar-refractivity contribution in [1.29, 1.82) is 0 Å². The molecule has 0 aliphatic carbocycles. The fourth-order valence-corrected chi connectivity index (χ4v) is 4.44. The molecule has 0 spiro atoms. The van der Waals surface area contributed by atoms with Crippen LogP contribution in [0.2, 0.25) is 0 Å². The Hall–Kier alpha value is -1.51. The summed E-state index contributed by atoms with van der Waals surface area (Å²) in [5.41, 5.74) is 1.54. The van der Waals surface area contributed by atoms with Gasteiger partial charge in [-0.2, -0.15) is 0 Å². The van der Waals surface area contributed by atoms with Gasteiger partial charge in [0.15, 0.2) is 5.13 Å². The van der Waals surface area contributed by atoms with Gasteiger partial charge in [0.1, 0.15) is 10.1 Å². The van der Waals surface area contributed by atoms with Gasteiger partial charge in [0.05, 0.1) is 11.4 Å². The minimum Gasteiger partial charge on any atom is -0.357 e. The molecule has 0 atom stereocenters. The molecular weight excluding hydrogens is 389 g/mol. The first-order chi connectivity index (χ1) is 12.5. The van der Waals surface area contributed by atoms with Crippen molar-refractivity contribution in [1.82, 2.24) is 9.88 Å². The molecule has 1 aliphatic rings. The van der Waals surface area contributed by atoms with Crippen molar-refractivity contribution >= 4 is 50.7 Å². The van der Waals surface area contributed by atoms with E-state index >= 15 is 0 Å². The molecule has 0 bridgehead atoms. The van der Waals surface area contributed by atoms with Gasteiger partial charge in [0.2, 0.25) is 5.91 Å². The zero-order valence-corrected chi connectivity index (χ0v) is 16.9. The Morgan fingerprint density at radius 2 is 2.08 bits per heavy atom. The smallest absolute Gasteiger partial charge is 0.236 e. The number of aromatic nitrogens is 1. The van der Waals surface area contributed by atoms with Gasteiger partial charge in [-0.1, -0.05) is 30.9 Å². The average molecular weight is 410 g/mol. The highest BCUT2D eigenvalue weighted by Crippen LogP contribution is 2.25. The lowest BCUT2D eigenvalue weighted by atomic mass is 10.00. The maximum absolute atomic E-state index is 13.0. The maximum Gasteiger partial charge on any atom is 0.236 e. The minimum absolute atomic E-state index is 0.122. The molecule has 1 aromatic carbocycles. The number of carbonyl (C=O) groups is 1. The molecule has 1 aliphatic heterocycles. The van der Waals surface area contributed by atoms with Crippen molar-refractivity contribution in [2.24, 2.45) is 5.92 Å². The first kappa shape index (κ1) is 19.3. The van der Waals surface area contributed by atoms with Crippen molar-refractivity contribution in [3.8, 4) is 11.3 Å². The summed E-state index contributed by atoms with van der Waals surface area (Å²) in [4.78, 5) is 18.7. The number of nitrogens with zero attached hydrogens (tertiary/aromatic N) is 2. The van der Waals surface area contributed by atoms with Crippen molar-refractivity contribution < 1.29 is 9.18 Å². The number of benzene rings is 1. The molecule has 8 heteroatoms. The monoisotopic (exact) mass is 409 g/mol. The number of piperidine rings is 1. The van der Waals surface area contributed by atoms with Gasteiger partial charge >= 0.3 is 0 Å². The number of carbonyl (C=O) groups excluding carboxylic acids is 1. The number of nitrogens with one attached hydrogen (secondary N) is 1. The zero-order valence-electron chi connectivity index (χ0n) is 14.4. The predicted octanol–water partition coefficient (Wildman–Crippen LogP) is 4.64. The topological polar surface area (TPSA) is 45.2 Å². The van der Waals surface area contributed by atoms with Crippen LogP contribution in [0.25, 0.3) is 11.3 Å². The lowest BCUT2D eigenvalue weighted by Crippen LogP contribution is -2.36. The summed E-state index contributed by atoms with van der Waals surface area (Å²) in [6.45, 7) is 4.21. The van der Waals surface area contributed by atoms with Crippen LogP contribution in [-0.4, -0.2) is 39.0 Å². The Morgan fingerprint density at radius 1 is 1.38 bits per heavy atom. The lowest BCUT2D eigenvalue weighted by molar-refractivity contribution is -0.113. The van der Waals surface area contributed by atoms with Crippen molar-refractivity contribution in [2.45, 2.75) is 19.8 Å². The maximum atomic E-state index is 13.0. The highest BCUT2D eigenvalue weighted by atomic mass is 32.2. The largest absolute Gasteiger partial charge is 0.357 e. The van der Waals surface area contributed by atoms with Gasteiger partial charge in [-0.15, -0.1) is 11.3 Å². The third kappa shape index (κ3) is 5.25. The SMILES string of the molecule is CC1CCN(C(=S)SCC(=O)Nc2nc(-c3ccc(F)cc3)cs2)CC1. The molecule has 1 aromatic heterocycles. The number of likely N-dealkylation sites (tertiary alicyclic amines) is 1. The molecule has 138 valence electrons. The number of thioether (sulfide) groups is 1. The first-order valence-electron chi connectivity index (χ1n) is 8.44. The van der Waals surface area contributed by atoms with Crippen LogP contribution in [0.1, 0.15) is 19.8 Å². The van der Waals surface area contributed by atoms with Crippen LogP contribution >= 0.6 is 35.3 Å².